The summed E-state index contributed by atoms with van der Waals surface area (Å²) in [4.78, 5) is 16.8. The van der Waals surface area contributed by atoms with Gasteiger partial charge in [0.1, 0.15) is 5.82 Å². The second kappa shape index (κ2) is 7.36. The van der Waals surface area contributed by atoms with Gasteiger partial charge in [0.05, 0.1) is 6.20 Å². The third-order valence-corrected chi connectivity index (χ3v) is 5.27. The molecule has 7 heteroatoms. The lowest BCUT2D eigenvalue weighted by molar-refractivity contribution is 0.119. The SMILES string of the molecule is CC(c1ccsc1)N1CCN(C(=O)Nc2ccnn2C(C)C)CC1. The zero-order valence-corrected chi connectivity index (χ0v) is 15.3. The molecule has 130 valence electrons. The molecule has 2 amide bonds. The molecular formula is C17H25N5OS. The molecular weight excluding hydrogens is 322 g/mol. The highest BCUT2D eigenvalue weighted by atomic mass is 32.1. The van der Waals surface area contributed by atoms with Gasteiger partial charge in [-0.2, -0.15) is 16.4 Å². The zero-order valence-electron chi connectivity index (χ0n) is 14.5. The first-order valence-electron chi connectivity index (χ1n) is 8.42. The Hall–Kier alpha value is -1.86. The summed E-state index contributed by atoms with van der Waals surface area (Å²) < 4.78 is 1.83. The van der Waals surface area contributed by atoms with Gasteiger partial charge in [-0.15, -0.1) is 0 Å². The fourth-order valence-corrected chi connectivity index (χ4v) is 3.80. The molecule has 3 heterocycles. The number of rotatable bonds is 4. The van der Waals surface area contributed by atoms with Crippen LogP contribution in [0.3, 0.4) is 0 Å². The molecule has 24 heavy (non-hydrogen) atoms. The fourth-order valence-electron chi connectivity index (χ4n) is 3.05. The van der Waals surface area contributed by atoms with Crippen molar-refractivity contribution in [1.29, 1.82) is 0 Å². The van der Waals surface area contributed by atoms with Crippen LogP contribution in [0.15, 0.2) is 29.1 Å². The standard InChI is InChI=1S/C17H25N5OS/c1-13(2)22-16(4-6-18-22)19-17(23)21-9-7-20(8-10-21)14(3)15-5-11-24-12-15/h4-6,11-14H,7-10H2,1-3H3,(H,19,23). The smallest absolute Gasteiger partial charge is 0.322 e. The molecule has 0 aliphatic carbocycles. The second-order valence-corrected chi connectivity index (χ2v) is 7.22. The summed E-state index contributed by atoms with van der Waals surface area (Å²) >= 11 is 1.73. The quantitative estimate of drug-likeness (QED) is 0.922. The van der Waals surface area contributed by atoms with E-state index in [-0.39, 0.29) is 12.1 Å². The number of nitrogens with zero attached hydrogens (tertiary/aromatic N) is 4. The van der Waals surface area contributed by atoms with E-state index in [1.54, 1.807) is 17.5 Å². The van der Waals surface area contributed by atoms with Crippen LogP contribution in [0.2, 0.25) is 0 Å². The van der Waals surface area contributed by atoms with Crippen molar-refractivity contribution in [2.45, 2.75) is 32.9 Å². The Bertz CT molecular complexity index is 658. The number of amides is 2. The van der Waals surface area contributed by atoms with E-state index in [1.807, 2.05) is 29.5 Å². The molecule has 6 nitrogen and oxygen atoms in total. The highest BCUT2D eigenvalue weighted by Crippen LogP contribution is 2.23. The van der Waals surface area contributed by atoms with Gasteiger partial charge < -0.3 is 4.90 Å². The highest BCUT2D eigenvalue weighted by Gasteiger charge is 2.25. The van der Waals surface area contributed by atoms with E-state index in [4.69, 9.17) is 0 Å². The van der Waals surface area contributed by atoms with Crippen molar-refractivity contribution in [3.8, 4) is 0 Å². The number of hydrogen-bond donors (Lipinski definition) is 1. The number of urea groups is 1. The lowest BCUT2D eigenvalue weighted by Gasteiger charge is -2.37. The molecule has 0 spiro atoms. The molecule has 3 rings (SSSR count). The van der Waals surface area contributed by atoms with Gasteiger partial charge in [0, 0.05) is 44.3 Å². The predicted molar refractivity (Wildman–Crippen MR) is 97.5 cm³/mol. The molecule has 0 bridgehead atoms. The molecule has 1 aliphatic rings. The van der Waals surface area contributed by atoms with E-state index in [0.717, 1.165) is 32.0 Å². The van der Waals surface area contributed by atoms with Gasteiger partial charge in [-0.1, -0.05) is 0 Å². The molecule has 0 aromatic carbocycles. The molecule has 1 saturated heterocycles. The number of thiophene rings is 1. The Morgan fingerprint density at radius 2 is 1.96 bits per heavy atom. The van der Waals surface area contributed by atoms with Crippen molar-refractivity contribution >= 4 is 23.2 Å². The van der Waals surface area contributed by atoms with Gasteiger partial charge in [-0.05, 0) is 43.2 Å². The Morgan fingerprint density at radius 1 is 1.21 bits per heavy atom. The highest BCUT2D eigenvalue weighted by molar-refractivity contribution is 7.07. The number of aromatic nitrogens is 2. The monoisotopic (exact) mass is 347 g/mol. The van der Waals surface area contributed by atoms with Crippen LogP contribution in [0.25, 0.3) is 0 Å². The van der Waals surface area contributed by atoms with Crippen molar-refractivity contribution in [2.24, 2.45) is 0 Å². The molecule has 2 aromatic rings. The maximum Gasteiger partial charge on any atom is 0.323 e. The van der Waals surface area contributed by atoms with Gasteiger partial charge >= 0.3 is 6.03 Å². The minimum absolute atomic E-state index is 0.0414. The molecule has 0 saturated carbocycles. The summed E-state index contributed by atoms with van der Waals surface area (Å²) in [6.45, 7) is 9.62. The Morgan fingerprint density at radius 3 is 2.58 bits per heavy atom. The summed E-state index contributed by atoms with van der Waals surface area (Å²) in [5.74, 6) is 0.754. The second-order valence-electron chi connectivity index (χ2n) is 6.44. The first-order chi connectivity index (χ1) is 11.6. The molecule has 1 fully saturated rings. The van der Waals surface area contributed by atoms with E-state index in [9.17, 15) is 4.79 Å². The lowest BCUT2D eigenvalue weighted by atomic mass is 10.1. The van der Waals surface area contributed by atoms with Crippen molar-refractivity contribution in [3.63, 3.8) is 0 Å². The summed E-state index contributed by atoms with van der Waals surface area (Å²) in [7, 11) is 0. The van der Waals surface area contributed by atoms with Gasteiger partial charge in [0.2, 0.25) is 0 Å². The van der Waals surface area contributed by atoms with Gasteiger partial charge in [0.25, 0.3) is 0 Å². The van der Waals surface area contributed by atoms with Crippen LogP contribution in [-0.2, 0) is 0 Å². The van der Waals surface area contributed by atoms with Crippen molar-refractivity contribution in [3.05, 3.63) is 34.7 Å². The van der Waals surface area contributed by atoms with Crippen LogP contribution in [0.4, 0.5) is 10.6 Å². The largest absolute Gasteiger partial charge is 0.323 e. The van der Waals surface area contributed by atoms with E-state index < -0.39 is 0 Å². The number of anilines is 1. The summed E-state index contributed by atoms with van der Waals surface area (Å²) in [6, 6.07) is 4.61. The summed E-state index contributed by atoms with van der Waals surface area (Å²) in [5, 5.41) is 11.6. The molecule has 2 aromatic heterocycles. The minimum atomic E-state index is -0.0414. The average molecular weight is 347 g/mol. The van der Waals surface area contributed by atoms with E-state index in [1.165, 1.54) is 5.56 Å². The van der Waals surface area contributed by atoms with Crippen LogP contribution >= 0.6 is 11.3 Å². The van der Waals surface area contributed by atoms with E-state index in [2.05, 4.69) is 39.1 Å². The maximum absolute atomic E-state index is 12.5. The van der Waals surface area contributed by atoms with Crippen LogP contribution in [0, 0.1) is 0 Å². The zero-order chi connectivity index (χ0) is 17.1. The molecule has 0 radical (unpaired) electrons. The maximum atomic E-state index is 12.5. The molecule has 1 unspecified atom stereocenters. The fraction of sp³-hybridized carbons (Fsp3) is 0.529. The third kappa shape index (κ3) is 3.62. The lowest BCUT2D eigenvalue weighted by Crippen LogP contribution is -2.50. The van der Waals surface area contributed by atoms with E-state index >= 15 is 0 Å². The Kier molecular flexibility index (Phi) is 5.20. The predicted octanol–water partition coefficient (Wildman–Crippen LogP) is 3.44. The molecule has 1 aliphatic heterocycles. The number of piperazine rings is 1. The van der Waals surface area contributed by atoms with Crippen molar-refractivity contribution in [1.82, 2.24) is 19.6 Å². The van der Waals surface area contributed by atoms with Gasteiger partial charge in [-0.3, -0.25) is 10.2 Å². The normalized spacial score (nSPS) is 17.2. The number of hydrogen-bond acceptors (Lipinski definition) is 4. The van der Waals surface area contributed by atoms with Gasteiger partial charge in [0.15, 0.2) is 0 Å². The van der Waals surface area contributed by atoms with E-state index in [0.29, 0.717) is 6.04 Å². The van der Waals surface area contributed by atoms with Crippen LogP contribution in [0.5, 0.6) is 0 Å². The average Bonchev–Trinajstić information content (AvgIpc) is 3.26. The Labute approximate surface area is 147 Å². The molecule has 1 N–H and O–H groups in total. The summed E-state index contributed by atoms with van der Waals surface area (Å²) in [6.07, 6.45) is 1.72. The number of nitrogens with one attached hydrogen (secondary N) is 1. The Balaban J connectivity index is 1.54. The molecule has 1 atom stereocenters. The van der Waals surface area contributed by atoms with Crippen molar-refractivity contribution < 1.29 is 4.79 Å². The first kappa shape index (κ1) is 17.0. The topological polar surface area (TPSA) is 53.4 Å². The summed E-state index contributed by atoms with van der Waals surface area (Å²) in [5.41, 5.74) is 1.36. The first-order valence-corrected chi connectivity index (χ1v) is 9.36. The number of carbonyl (C=O) groups excluding carboxylic acids is 1. The number of carbonyl (C=O) groups is 1. The van der Waals surface area contributed by atoms with Gasteiger partial charge in [-0.25, -0.2) is 9.48 Å². The third-order valence-electron chi connectivity index (χ3n) is 4.57. The van der Waals surface area contributed by atoms with Crippen LogP contribution in [0.1, 0.15) is 38.4 Å². The van der Waals surface area contributed by atoms with Crippen LogP contribution < -0.4 is 5.32 Å². The van der Waals surface area contributed by atoms with Crippen molar-refractivity contribution in [2.75, 3.05) is 31.5 Å². The minimum Gasteiger partial charge on any atom is -0.322 e. The van der Waals surface area contributed by atoms with Crippen LogP contribution in [-0.4, -0.2) is 51.8 Å².